The average Bonchev–Trinajstić information content (AvgIpc) is 3.33. The minimum absolute atomic E-state index is 0.0699. The molecular weight excluding hydrogens is 885 g/mol. The van der Waals surface area contributed by atoms with E-state index in [0.29, 0.717) is 55.6 Å². The Morgan fingerprint density at radius 3 is 0.478 bits per heavy atom. The number of aliphatic hydroxyl groups excluding tert-OH is 8. The summed E-state index contributed by atoms with van der Waals surface area (Å²) in [7, 11) is 0. The molecule has 0 aliphatic carbocycles. The molecule has 14 nitrogen and oxygen atoms in total. The summed E-state index contributed by atoms with van der Waals surface area (Å²) in [6.45, 7) is 7.16. The minimum atomic E-state index is -0.968. The van der Waals surface area contributed by atoms with Gasteiger partial charge in [-0.2, -0.15) is 0 Å². The van der Waals surface area contributed by atoms with Crippen molar-refractivity contribution in [3.8, 4) is 34.5 Å². The Morgan fingerprint density at radius 1 is 0.232 bits per heavy atom. The van der Waals surface area contributed by atoms with Crippen molar-refractivity contribution < 1.29 is 71.5 Å². The van der Waals surface area contributed by atoms with Crippen molar-refractivity contribution in [1.29, 1.82) is 0 Å². The van der Waals surface area contributed by atoms with E-state index >= 15 is 0 Å². The summed E-state index contributed by atoms with van der Waals surface area (Å²) in [5, 5.41) is 149. The molecule has 0 saturated heterocycles. The van der Waals surface area contributed by atoms with Gasteiger partial charge in [-0.05, 0) is 104 Å². The van der Waals surface area contributed by atoms with Crippen molar-refractivity contribution in [1.82, 2.24) is 0 Å². The van der Waals surface area contributed by atoms with Crippen LogP contribution in [-0.4, -0.2) is 71.5 Å². The largest absolute Gasteiger partial charge is 0.507 e. The summed E-state index contributed by atoms with van der Waals surface area (Å²) in [4.78, 5) is 0. The molecule has 0 unspecified atom stereocenters. The molecule has 0 bridgehead atoms. The van der Waals surface area contributed by atoms with Gasteiger partial charge in [-0.25, -0.2) is 0 Å². The van der Waals surface area contributed by atoms with Crippen LogP contribution in [0.15, 0.2) is 72.8 Å². The first kappa shape index (κ1) is 52.2. The van der Waals surface area contributed by atoms with Crippen LogP contribution in [0.4, 0.5) is 0 Å². The average molecular weight is 949 g/mol. The van der Waals surface area contributed by atoms with Gasteiger partial charge in [0.1, 0.15) is 34.5 Å². The zero-order valence-electron chi connectivity index (χ0n) is 39.8. The van der Waals surface area contributed by atoms with Gasteiger partial charge in [0.15, 0.2) is 0 Å². The van der Waals surface area contributed by atoms with Crippen molar-refractivity contribution in [3.05, 3.63) is 173 Å². The molecule has 0 fully saturated rings. The second-order valence-electron chi connectivity index (χ2n) is 19.4. The Bertz CT molecular complexity index is 2640. The summed E-state index contributed by atoms with van der Waals surface area (Å²) in [5.41, 5.74) is 3.92. The third kappa shape index (κ3) is 9.85. The van der Waals surface area contributed by atoms with Crippen molar-refractivity contribution in [2.45, 2.75) is 123 Å². The highest BCUT2D eigenvalue weighted by Crippen LogP contribution is 2.45. The van der Waals surface area contributed by atoms with Crippen LogP contribution in [0.1, 0.15) is 142 Å². The van der Waals surface area contributed by atoms with Gasteiger partial charge in [0.2, 0.25) is 0 Å². The Hall–Kier alpha value is -6.20. The summed E-state index contributed by atoms with van der Waals surface area (Å²) < 4.78 is 0. The zero-order valence-corrected chi connectivity index (χ0v) is 39.8. The first-order valence-corrected chi connectivity index (χ1v) is 22.5. The molecule has 0 aliphatic rings. The molecule has 0 amide bonds. The summed E-state index contributed by atoms with van der Waals surface area (Å²) in [6.07, 6.45) is -0.140. The number of hydrogen-bond donors (Lipinski definition) is 14. The predicted octanol–water partition coefficient (Wildman–Crippen LogP) is 6.02. The zero-order chi connectivity index (χ0) is 50.9. The maximum Gasteiger partial charge on any atom is 0.126 e. The molecule has 0 atom stereocenters. The normalized spacial score (nSPS) is 12.3. The molecule has 14 N–H and O–H groups in total. The number of rotatable bonds is 18. The van der Waals surface area contributed by atoms with E-state index in [9.17, 15) is 71.5 Å². The van der Waals surface area contributed by atoms with Crippen molar-refractivity contribution in [3.63, 3.8) is 0 Å². The molecule has 0 spiro atoms. The van der Waals surface area contributed by atoms with Gasteiger partial charge >= 0.3 is 0 Å². The van der Waals surface area contributed by atoms with Gasteiger partial charge in [-0.15, -0.1) is 0 Å². The number of aromatic hydroxyl groups is 6. The topological polar surface area (TPSA) is 283 Å². The van der Waals surface area contributed by atoms with Crippen LogP contribution >= 0.6 is 0 Å². The monoisotopic (exact) mass is 948 g/mol. The van der Waals surface area contributed by atoms with Crippen LogP contribution < -0.4 is 0 Å². The minimum Gasteiger partial charge on any atom is -0.507 e. The van der Waals surface area contributed by atoms with E-state index in [2.05, 4.69) is 0 Å². The molecule has 0 saturated carbocycles. The molecule has 6 rings (SSSR count). The SMILES string of the molecule is CC(C)(c1cc(CO)c(O)c(CO)c1)c1cc(CO)c(O)c(Cc2cc(C(C)(C)c3cc(CO)c(O)c(Cc4cc(C(C)(C)c5cc(CO)c(O)c(CO)c5)cc(CO)c4O)c3)cc(CO)c2O)c1. The second kappa shape index (κ2) is 20.4. The van der Waals surface area contributed by atoms with E-state index < -0.39 is 69.1 Å². The summed E-state index contributed by atoms with van der Waals surface area (Å²) >= 11 is 0. The standard InChI is InChI=1S/C55H64O14/c1-53(2,41-9-29(47(64)33(13-41)21-56)7-31-11-43(15-35(23-58)49(31)66)54(3,4)45-17-37(25-60)51(68)38(18-45)26-61)42-10-30(48(65)34(14-42)22-57)8-32-12-44(16-36(24-59)50(32)67)55(5,6)46-19-39(27-62)52(69)40(20-46)28-63/h9-20,56-69H,7-8,21-28H2,1-6H3. The van der Waals surface area contributed by atoms with Gasteiger partial charge in [0.05, 0.1) is 52.9 Å². The van der Waals surface area contributed by atoms with Crippen LogP contribution in [0.2, 0.25) is 0 Å². The van der Waals surface area contributed by atoms with Gasteiger partial charge in [-0.1, -0.05) is 65.8 Å². The van der Waals surface area contributed by atoms with Crippen LogP contribution in [0, 0.1) is 0 Å². The quantitative estimate of drug-likeness (QED) is 0.0470. The fourth-order valence-electron chi connectivity index (χ4n) is 9.14. The fourth-order valence-corrected chi connectivity index (χ4v) is 9.14. The van der Waals surface area contributed by atoms with Gasteiger partial charge in [0, 0.05) is 73.6 Å². The molecule has 14 heteroatoms. The van der Waals surface area contributed by atoms with Gasteiger partial charge in [0.25, 0.3) is 0 Å². The maximum atomic E-state index is 11.6. The van der Waals surface area contributed by atoms with Gasteiger partial charge in [-0.3, -0.25) is 0 Å². The third-order valence-electron chi connectivity index (χ3n) is 14.1. The number of aliphatic hydroxyl groups is 8. The predicted molar refractivity (Wildman–Crippen MR) is 258 cm³/mol. The fraction of sp³-hybridized carbons (Fsp3) is 0.345. The smallest absolute Gasteiger partial charge is 0.126 e. The van der Waals surface area contributed by atoms with Crippen LogP contribution in [0.3, 0.4) is 0 Å². The Morgan fingerprint density at radius 2 is 0.348 bits per heavy atom. The molecule has 0 aromatic heterocycles. The van der Waals surface area contributed by atoms with E-state index in [4.69, 9.17) is 0 Å². The van der Waals surface area contributed by atoms with E-state index in [1.165, 1.54) is 0 Å². The van der Waals surface area contributed by atoms with Crippen molar-refractivity contribution >= 4 is 0 Å². The molecule has 0 aliphatic heterocycles. The summed E-state index contributed by atoms with van der Waals surface area (Å²) in [5.74, 6) is -1.32. The van der Waals surface area contributed by atoms with E-state index in [1.807, 2.05) is 41.5 Å². The number of phenols is 6. The first-order valence-electron chi connectivity index (χ1n) is 22.5. The Labute approximate surface area is 401 Å². The lowest BCUT2D eigenvalue weighted by atomic mass is 9.74. The molecule has 0 radical (unpaired) electrons. The van der Waals surface area contributed by atoms with Crippen LogP contribution in [0.5, 0.6) is 34.5 Å². The Balaban J connectivity index is 1.44. The summed E-state index contributed by atoms with van der Waals surface area (Å²) in [6, 6.07) is 20.0. The Kier molecular flexibility index (Phi) is 15.4. The van der Waals surface area contributed by atoms with E-state index in [1.54, 1.807) is 72.8 Å². The second-order valence-corrected chi connectivity index (χ2v) is 19.4. The molecule has 6 aromatic rings. The molecule has 6 aromatic carbocycles. The van der Waals surface area contributed by atoms with E-state index in [-0.39, 0.29) is 91.8 Å². The highest BCUT2D eigenvalue weighted by molar-refractivity contribution is 5.59. The number of hydrogen-bond acceptors (Lipinski definition) is 14. The molecule has 368 valence electrons. The lowest BCUT2D eigenvalue weighted by molar-refractivity contribution is 0.262. The lowest BCUT2D eigenvalue weighted by Crippen LogP contribution is -2.21. The van der Waals surface area contributed by atoms with Crippen LogP contribution in [-0.2, 0) is 81.9 Å². The number of benzene rings is 6. The van der Waals surface area contributed by atoms with Crippen LogP contribution in [0.25, 0.3) is 0 Å². The molecular formula is C55H64O14. The van der Waals surface area contributed by atoms with Crippen molar-refractivity contribution in [2.75, 3.05) is 0 Å². The third-order valence-corrected chi connectivity index (χ3v) is 14.1. The van der Waals surface area contributed by atoms with Crippen molar-refractivity contribution in [2.24, 2.45) is 0 Å². The van der Waals surface area contributed by atoms with Gasteiger partial charge < -0.3 is 71.5 Å². The molecule has 69 heavy (non-hydrogen) atoms. The molecule has 0 heterocycles. The van der Waals surface area contributed by atoms with E-state index in [0.717, 1.165) is 0 Å². The lowest BCUT2D eigenvalue weighted by Gasteiger charge is -2.30. The first-order chi connectivity index (χ1) is 32.5. The highest BCUT2D eigenvalue weighted by Gasteiger charge is 2.32. The maximum absolute atomic E-state index is 11.6. The highest BCUT2D eigenvalue weighted by atomic mass is 16.3.